The molecule has 0 aliphatic carbocycles. The molecule has 5 heteroatoms. The van der Waals surface area contributed by atoms with Crippen LogP contribution in [0.5, 0.6) is 5.75 Å². The highest BCUT2D eigenvalue weighted by Gasteiger charge is 2.10. The van der Waals surface area contributed by atoms with Crippen molar-refractivity contribution in [2.24, 2.45) is 0 Å². The molecule has 0 aromatic heterocycles. The van der Waals surface area contributed by atoms with Crippen LogP contribution in [0.25, 0.3) is 0 Å². The smallest absolute Gasteiger partial charge is 0.211 e. The standard InChI is InChI=1S/C11H17NO3S/c1-10-6-4-5-7-11(10)15-9-8-12(2)16(3,13)14/h4-7H,8-9H2,1-3H3. The molecule has 4 nitrogen and oxygen atoms in total. The molecule has 16 heavy (non-hydrogen) atoms. The summed E-state index contributed by atoms with van der Waals surface area (Å²) in [6.45, 7) is 2.66. The van der Waals surface area contributed by atoms with Gasteiger partial charge in [-0.2, -0.15) is 0 Å². The van der Waals surface area contributed by atoms with Gasteiger partial charge in [0.2, 0.25) is 10.0 Å². The van der Waals surface area contributed by atoms with Crippen LogP contribution >= 0.6 is 0 Å². The largest absolute Gasteiger partial charge is 0.492 e. The second-order valence-corrected chi connectivity index (χ2v) is 5.79. The lowest BCUT2D eigenvalue weighted by Gasteiger charge is -2.15. The Labute approximate surface area is 96.9 Å². The minimum Gasteiger partial charge on any atom is -0.492 e. The monoisotopic (exact) mass is 243 g/mol. The summed E-state index contributed by atoms with van der Waals surface area (Å²) in [6.07, 6.45) is 1.18. The first-order valence-corrected chi connectivity index (χ1v) is 6.86. The number of para-hydroxylation sites is 1. The Morgan fingerprint density at radius 3 is 2.50 bits per heavy atom. The second kappa shape index (κ2) is 5.32. The van der Waals surface area contributed by atoms with Gasteiger partial charge in [0.1, 0.15) is 12.4 Å². The molecule has 0 aliphatic heterocycles. The van der Waals surface area contributed by atoms with E-state index in [1.165, 1.54) is 17.6 Å². The van der Waals surface area contributed by atoms with Crippen molar-refractivity contribution in [3.63, 3.8) is 0 Å². The Hall–Kier alpha value is -1.07. The van der Waals surface area contributed by atoms with Crippen LogP contribution in [0.15, 0.2) is 24.3 Å². The van der Waals surface area contributed by atoms with Crippen molar-refractivity contribution in [3.05, 3.63) is 29.8 Å². The lowest BCUT2D eigenvalue weighted by molar-refractivity contribution is 0.286. The summed E-state index contributed by atoms with van der Waals surface area (Å²) < 4.78 is 29.0. The van der Waals surface area contributed by atoms with Gasteiger partial charge >= 0.3 is 0 Å². The zero-order valence-corrected chi connectivity index (χ0v) is 10.6. The molecule has 0 fully saturated rings. The van der Waals surface area contributed by atoms with E-state index in [0.29, 0.717) is 13.2 Å². The summed E-state index contributed by atoms with van der Waals surface area (Å²) in [5.41, 5.74) is 1.05. The highest BCUT2D eigenvalue weighted by molar-refractivity contribution is 7.88. The Balaban J connectivity index is 2.46. The fourth-order valence-electron chi connectivity index (χ4n) is 1.17. The SMILES string of the molecule is Cc1ccccc1OCCN(C)S(C)(=O)=O. The average Bonchev–Trinajstić information content (AvgIpc) is 2.19. The molecule has 0 saturated heterocycles. The normalized spacial score (nSPS) is 11.8. The molecular formula is C11H17NO3S. The maximum absolute atomic E-state index is 11.1. The fourth-order valence-corrected chi connectivity index (χ4v) is 1.57. The minimum absolute atomic E-state index is 0.354. The van der Waals surface area contributed by atoms with Gasteiger partial charge in [-0.05, 0) is 18.6 Å². The number of benzene rings is 1. The van der Waals surface area contributed by atoms with Gasteiger partial charge in [-0.25, -0.2) is 12.7 Å². The predicted octanol–water partition coefficient (Wildman–Crippen LogP) is 1.27. The van der Waals surface area contributed by atoms with E-state index in [2.05, 4.69) is 0 Å². The molecule has 0 radical (unpaired) electrons. The summed E-state index contributed by atoms with van der Waals surface area (Å²) in [6, 6.07) is 7.65. The van der Waals surface area contributed by atoms with Crippen molar-refractivity contribution in [2.75, 3.05) is 26.5 Å². The fraction of sp³-hybridized carbons (Fsp3) is 0.455. The van der Waals surface area contributed by atoms with E-state index in [1.54, 1.807) is 0 Å². The number of aryl methyl sites for hydroxylation is 1. The van der Waals surface area contributed by atoms with Gasteiger partial charge in [-0.1, -0.05) is 18.2 Å². The maximum atomic E-state index is 11.1. The molecule has 0 N–H and O–H groups in total. The Kier molecular flexibility index (Phi) is 4.32. The topological polar surface area (TPSA) is 46.6 Å². The summed E-state index contributed by atoms with van der Waals surface area (Å²) in [4.78, 5) is 0. The second-order valence-electron chi connectivity index (χ2n) is 3.70. The van der Waals surface area contributed by atoms with Crippen molar-refractivity contribution < 1.29 is 13.2 Å². The van der Waals surface area contributed by atoms with E-state index >= 15 is 0 Å². The first kappa shape index (κ1) is 13.0. The molecule has 0 saturated carbocycles. The minimum atomic E-state index is -3.11. The maximum Gasteiger partial charge on any atom is 0.211 e. The molecule has 0 amide bonds. The lowest BCUT2D eigenvalue weighted by Crippen LogP contribution is -2.29. The molecular weight excluding hydrogens is 226 g/mol. The van der Waals surface area contributed by atoms with Crippen molar-refractivity contribution >= 4 is 10.0 Å². The summed E-state index contributed by atoms with van der Waals surface area (Å²) in [5.74, 6) is 0.796. The van der Waals surface area contributed by atoms with Crippen LogP contribution < -0.4 is 4.74 Å². The van der Waals surface area contributed by atoms with Crippen LogP contribution in [-0.2, 0) is 10.0 Å². The third-order valence-electron chi connectivity index (χ3n) is 2.32. The zero-order valence-electron chi connectivity index (χ0n) is 9.80. The Morgan fingerprint density at radius 1 is 1.31 bits per heavy atom. The molecule has 90 valence electrons. The van der Waals surface area contributed by atoms with E-state index < -0.39 is 10.0 Å². The van der Waals surface area contributed by atoms with E-state index in [0.717, 1.165) is 11.3 Å². The number of hydrogen-bond acceptors (Lipinski definition) is 3. The number of rotatable bonds is 5. The van der Waals surface area contributed by atoms with Crippen molar-refractivity contribution in [1.29, 1.82) is 0 Å². The van der Waals surface area contributed by atoms with Gasteiger partial charge in [-0.3, -0.25) is 0 Å². The predicted molar refractivity (Wildman–Crippen MR) is 64.1 cm³/mol. The van der Waals surface area contributed by atoms with E-state index in [1.807, 2.05) is 31.2 Å². The van der Waals surface area contributed by atoms with Crippen LogP contribution in [0.3, 0.4) is 0 Å². The molecule has 0 bridgehead atoms. The Morgan fingerprint density at radius 2 is 1.94 bits per heavy atom. The van der Waals surface area contributed by atoms with Crippen LogP contribution in [0.4, 0.5) is 0 Å². The lowest BCUT2D eigenvalue weighted by atomic mass is 10.2. The third kappa shape index (κ3) is 3.83. The summed E-state index contributed by atoms with van der Waals surface area (Å²) in [5, 5.41) is 0. The van der Waals surface area contributed by atoms with E-state index in [4.69, 9.17) is 4.74 Å². The average molecular weight is 243 g/mol. The van der Waals surface area contributed by atoms with Crippen molar-refractivity contribution in [3.8, 4) is 5.75 Å². The quantitative estimate of drug-likeness (QED) is 0.782. The first-order chi connectivity index (χ1) is 7.41. The van der Waals surface area contributed by atoms with Crippen LogP contribution in [-0.4, -0.2) is 39.2 Å². The molecule has 1 rings (SSSR count). The van der Waals surface area contributed by atoms with Gasteiger partial charge in [0.15, 0.2) is 0 Å². The molecule has 0 aliphatic rings. The van der Waals surface area contributed by atoms with Gasteiger partial charge in [-0.15, -0.1) is 0 Å². The first-order valence-electron chi connectivity index (χ1n) is 5.01. The highest BCUT2D eigenvalue weighted by Crippen LogP contribution is 2.15. The molecule has 0 heterocycles. The van der Waals surface area contributed by atoms with Crippen LogP contribution in [0, 0.1) is 6.92 Å². The van der Waals surface area contributed by atoms with Gasteiger partial charge < -0.3 is 4.74 Å². The van der Waals surface area contributed by atoms with Crippen molar-refractivity contribution in [2.45, 2.75) is 6.92 Å². The van der Waals surface area contributed by atoms with Gasteiger partial charge in [0.05, 0.1) is 6.26 Å². The number of likely N-dealkylation sites (N-methyl/N-ethyl adjacent to an activating group) is 1. The molecule has 0 unspecified atom stereocenters. The van der Waals surface area contributed by atoms with Crippen molar-refractivity contribution in [1.82, 2.24) is 4.31 Å². The molecule has 1 aromatic rings. The van der Waals surface area contributed by atoms with Crippen LogP contribution in [0.1, 0.15) is 5.56 Å². The van der Waals surface area contributed by atoms with Gasteiger partial charge in [0, 0.05) is 13.6 Å². The molecule has 1 aromatic carbocycles. The number of hydrogen-bond donors (Lipinski definition) is 0. The zero-order chi connectivity index (χ0) is 12.2. The number of sulfonamides is 1. The third-order valence-corrected chi connectivity index (χ3v) is 3.64. The highest BCUT2D eigenvalue weighted by atomic mass is 32.2. The van der Waals surface area contributed by atoms with Crippen LogP contribution in [0.2, 0.25) is 0 Å². The number of nitrogens with zero attached hydrogens (tertiary/aromatic N) is 1. The van der Waals surface area contributed by atoms with E-state index in [-0.39, 0.29) is 0 Å². The van der Waals surface area contributed by atoms with Gasteiger partial charge in [0.25, 0.3) is 0 Å². The molecule has 0 atom stereocenters. The van der Waals surface area contributed by atoms with E-state index in [9.17, 15) is 8.42 Å². The molecule has 0 spiro atoms. The summed E-state index contributed by atoms with van der Waals surface area (Å²) in [7, 11) is -1.58. The number of ether oxygens (including phenoxy) is 1. The Bertz CT molecular complexity index is 442. The summed E-state index contributed by atoms with van der Waals surface area (Å²) >= 11 is 0.